The molecule has 8 nitrogen and oxygen atoms in total. The number of anilines is 1. The number of hydrogen-bond donors (Lipinski definition) is 0. The van der Waals surface area contributed by atoms with Gasteiger partial charge in [-0.3, -0.25) is 18.5 Å². The molecule has 1 aromatic carbocycles. The Morgan fingerprint density at radius 3 is 2.54 bits per heavy atom. The van der Waals surface area contributed by atoms with Crippen molar-refractivity contribution < 1.29 is 4.39 Å². The lowest BCUT2D eigenvalue weighted by molar-refractivity contribution is 0.623. The van der Waals surface area contributed by atoms with E-state index in [-0.39, 0.29) is 12.4 Å². The van der Waals surface area contributed by atoms with E-state index in [1.165, 1.54) is 16.7 Å². The van der Waals surface area contributed by atoms with Crippen molar-refractivity contribution in [2.24, 2.45) is 12.1 Å². The van der Waals surface area contributed by atoms with Gasteiger partial charge in [-0.2, -0.15) is 10.1 Å². The van der Waals surface area contributed by atoms with Crippen LogP contribution in [-0.2, 0) is 20.1 Å². The molecule has 0 spiro atoms. The van der Waals surface area contributed by atoms with Crippen molar-refractivity contribution in [3.8, 4) is 0 Å². The summed E-state index contributed by atoms with van der Waals surface area (Å²) < 4.78 is 17.4. The Hall–Kier alpha value is -3.23. The molecule has 1 aliphatic heterocycles. The minimum atomic E-state index is -0.470. The SMILES string of the molecule is CC1=NN(C)c2nc3c(c(=O)n(Cc4ccc(F)cc4)c(=O)n3C)n2C1. The van der Waals surface area contributed by atoms with E-state index >= 15 is 0 Å². The third kappa shape index (κ3) is 2.35. The topological polar surface area (TPSA) is 77.4 Å². The first-order chi connectivity index (χ1) is 12.4. The number of imidazole rings is 1. The van der Waals surface area contributed by atoms with Crippen molar-refractivity contribution in [3.63, 3.8) is 0 Å². The first-order valence-electron chi connectivity index (χ1n) is 8.09. The number of benzene rings is 1. The Morgan fingerprint density at radius 1 is 1.15 bits per heavy atom. The molecular weight excluding hydrogens is 339 g/mol. The van der Waals surface area contributed by atoms with E-state index in [1.807, 2.05) is 6.92 Å². The quantitative estimate of drug-likeness (QED) is 0.684. The highest BCUT2D eigenvalue weighted by atomic mass is 19.1. The third-order valence-corrected chi connectivity index (χ3v) is 4.46. The molecule has 0 N–H and O–H groups in total. The van der Waals surface area contributed by atoms with E-state index in [9.17, 15) is 14.0 Å². The Bertz CT molecular complexity index is 1170. The lowest BCUT2D eigenvalue weighted by atomic mass is 10.2. The van der Waals surface area contributed by atoms with Crippen LogP contribution in [0.5, 0.6) is 0 Å². The van der Waals surface area contributed by atoms with Gasteiger partial charge in [0.1, 0.15) is 5.82 Å². The summed E-state index contributed by atoms with van der Waals surface area (Å²) in [5, 5.41) is 5.92. The third-order valence-electron chi connectivity index (χ3n) is 4.46. The van der Waals surface area contributed by atoms with Crippen molar-refractivity contribution >= 4 is 22.8 Å². The molecule has 26 heavy (non-hydrogen) atoms. The molecule has 9 heteroatoms. The van der Waals surface area contributed by atoms with Crippen LogP contribution >= 0.6 is 0 Å². The van der Waals surface area contributed by atoms with Gasteiger partial charge in [-0.1, -0.05) is 12.1 Å². The van der Waals surface area contributed by atoms with Crippen molar-refractivity contribution in [3.05, 3.63) is 56.5 Å². The fourth-order valence-corrected chi connectivity index (χ4v) is 3.23. The van der Waals surface area contributed by atoms with E-state index in [4.69, 9.17) is 0 Å². The van der Waals surface area contributed by atoms with E-state index in [0.29, 0.717) is 29.2 Å². The fourth-order valence-electron chi connectivity index (χ4n) is 3.23. The average Bonchev–Trinajstić information content (AvgIpc) is 2.98. The second-order valence-corrected chi connectivity index (χ2v) is 6.39. The molecule has 0 aliphatic carbocycles. The number of hydrazone groups is 1. The predicted molar refractivity (Wildman–Crippen MR) is 96.2 cm³/mol. The maximum Gasteiger partial charge on any atom is 0.332 e. The van der Waals surface area contributed by atoms with Gasteiger partial charge >= 0.3 is 5.69 Å². The Labute approximate surface area is 147 Å². The van der Waals surface area contributed by atoms with Crippen LogP contribution in [0.2, 0.25) is 0 Å². The van der Waals surface area contributed by atoms with Crippen LogP contribution in [0.25, 0.3) is 11.2 Å². The minimum Gasteiger partial charge on any atom is -0.297 e. The Balaban J connectivity index is 1.96. The van der Waals surface area contributed by atoms with Gasteiger partial charge in [0.25, 0.3) is 5.56 Å². The maximum absolute atomic E-state index is 13.1. The normalized spacial score (nSPS) is 13.8. The predicted octanol–water partition coefficient (Wildman–Crippen LogP) is 0.910. The van der Waals surface area contributed by atoms with Gasteiger partial charge in [0, 0.05) is 14.1 Å². The lowest BCUT2D eigenvalue weighted by Crippen LogP contribution is -2.40. The summed E-state index contributed by atoms with van der Waals surface area (Å²) in [5.74, 6) is 0.143. The van der Waals surface area contributed by atoms with Crippen LogP contribution in [0.15, 0.2) is 39.0 Å². The maximum atomic E-state index is 13.1. The van der Waals surface area contributed by atoms with E-state index in [0.717, 1.165) is 10.3 Å². The van der Waals surface area contributed by atoms with Gasteiger partial charge in [-0.05, 0) is 24.6 Å². The van der Waals surface area contributed by atoms with Crippen molar-refractivity contribution in [1.82, 2.24) is 18.7 Å². The first-order valence-corrected chi connectivity index (χ1v) is 8.09. The number of nitrogens with zero attached hydrogens (tertiary/aromatic N) is 6. The molecule has 0 fully saturated rings. The summed E-state index contributed by atoms with van der Waals surface area (Å²) in [7, 11) is 3.33. The first kappa shape index (κ1) is 16.2. The molecule has 0 saturated heterocycles. The summed E-state index contributed by atoms with van der Waals surface area (Å²) in [5.41, 5.74) is 1.28. The largest absolute Gasteiger partial charge is 0.332 e. The van der Waals surface area contributed by atoms with E-state index < -0.39 is 11.2 Å². The monoisotopic (exact) mass is 356 g/mol. The molecule has 3 heterocycles. The summed E-state index contributed by atoms with van der Waals surface area (Å²) in [6.45, 7) is 2.36. The molecular formula is C17H17FN6O2. The molecule has 0 amide bonds. The molecule has 1 aliphatic rings. The number of rotatable bonds is 2. The van der Waals surface area contributed by atoms with E-state index in [1.54, 1.807) is 35.8 Å². The summed E-state index contributed by atoms with van der Waals surface area (Å²) in [6, 6.07) is 5.72. The van der Waals surface area contributed by atoms with Crippen LogP contribution < -0.4 is 16.3 Å². The minimum absolute atomic E-state index is 0.0607. The molecule has 2 aromatic heterocycles. The van der Waals surface area contributed by atoms with Crippen LogP contribution in [0.1, 0.15) is 12.5 Å². The highest BCUT2D eigenvalue weighted by Gasteiger charge is 2.24. The Kier molecular flexibility index (Phi) is 3.53. The van der Waals surface area contributed by atoms with E-state index in [2.05, 4.69) is 10.1 Å². The number of aryl methyl sites for hydroxylation is 1. The number of halogens is 1. The second kappa shape index (κ2) is 5.65. The van der Waals surface area contributed by atoms with Gasteiger partial charge < -0.3 is 0 Å². The van der Waals surface area contributed by atoms with Gasteiger partial charge in [-0.25, -0.2) is 14.2 Å². The van der Waals surface area contributed by atoms with Crippen LogP contribution in [0, 0.1) is 5.82 Å². The lowest BCUT2D eigenvalue weighted by Gasteiger charge is -2.20. The Morgan fingerprint density at radius 2 is 1.85 bits per heavy atom. The number of aromatic nitrogens is 4. The highest BCUT2D eigenvalue weighted by Crippen LogP contribution is 2.22. The zero-order chi connectivity index (χ0) is 18.6. The zero-order valence-corrected chi connectivity index (χ0v) is 14.6. The smallest absolute Gasteiger partial charge is 0.297 e. The highest BCUT2D eigenvalue weighted by molar-refractivity contribution is 5.87. The van der Waals surface area contributed by atoms with Crippen LogP contribution in [0.4, 0.5) is 10.3 Å². The molecule has 3 aromatic rings. The van der Waals surface area contributed by atoms with Gasteiger partial charge in [0.15, 0.2) is 11.2 Å². The molecule has 0 saturated carbocycles. The van der Waals surface area contributed by atoms with Crippen molar-refractivity contribution in [1.29, 1.82) is 0 Å². The fraction of sp³-hybridized carbons (Fsp3) is 0.294. The van der Waals surface area contributed by atoms with Crippen molar-refractivity contribution in [2.45, 2.75) is 20.0 Å². The van der Waals surface area contributed by atoms with Gasteiger partial charge in [0.05, 0.1) is 18.8 Å². The molecule has 4 rings (SSSR count). The standard InChI is InChI=1S/C17H17FN6O2/c1-10-8-23-13-14(19-16(23)22(3)20-10)21(2)17(26)24(15(13)25)9-11-4-6-12(18)7-5-11/h4-7H,8-9H2,1-3H3. The molecule has 134 valence electrons. The number of fused-ring (bicyclic) bond motifs is 3. The summed E-state index contributed by atoms with van der Waals surface area (Å²) in [6.07, 6.45) is 0. The van der Waals surface area contributed by atoms with Crippen LogP contribution in [-0.4, -0.2) is 31.4 Å². The summed E-state index contributed by atoms with van der Waals surface area (Å²) >= 11 is 0. The van der Waals surface area contributed by atoms with Crippen molar-refractivity contribution in [2.75, 3.05) is 12.1 Å². The molecule has 0 unspecified atom stereocenters. The summed E-state index contributed by atoms with van der Waals surface area (Å²) in [4.78, 5) is 30.2. The molecule has 0 radical (unpaired) electrons. The van der Waals surface area contributed by atoms with Gasteiger partial charge in [0.2, 0.25) is 5.95 Å². The zero-order valence-electron chi connectivity index (χ0n) is 14.6. The van der Waals surface area contributed by atoms with Crippen LogP contribution in [0.3, 0.4) is 0 Å². The second-order valence-electron chi connectivity index (χ2n) is 6.39. The number of hydrogen-bond acceptors (Lipinski definition) is 5. The van der Waals surface area contributed by atoms with Gasteiger partial charge in [-0.15, -0.1) is 0 Å². The molecule has 0 atom stereocenters. The average molecular weight is 356 g/mol. The molecule has 0 bridgehead atoms.